The van der Waals surface area contributed by atoms with Gasteiger partial charge in [-0.25, -0.2) is 13.8 Å². The number of imidazole rings is 1. The fourth-order valence-corrected chi connectivity index (χ4v) is 2.46. The van der Waals surface area contributed by atoms with E-state index in [-0.39, 0.29) is 11.4 Å². The molecule has 1 aromatic heterocycles. The summed E-state index contributed by atoms with van der Waals surface area (Å²) in [6, 6.07) is 8.27. The first-order valence-corrected chi connectivity index (χ1v) is 6.63. The molecule has 3 aromatic rings. The summed E-state index contributed by atoms with van der Waals surface area (Å²) in [6.45, 7) is 2.00. The predicted molar refractivity (Wildman–Crippen MR) is 78.7 cm³/mol. The highest BCUT2D eigenvalue weighted by Gasteiger charge is 2.19. The van der Waals surface area contributed by atoms with Gasteiger partial charge in [0.05, 0.1) is 16.6 Å². The SMILES string of the molecule is Cc1ccc(F)c(-c2nc3cc(CN)ccc3n2C)c1F. The number of aryl methyl sites for hydroxylation is 2. The number of benzene rings is 2. The molecule has 0 radical (unpaired) electrons. The highest BCUT2D eigenvalue weighted by molar-refractivity contribution is 5.81. The van der Waals surface area contributed by atoms with E-state index in [1.165, 1.54) is 12.1 Å². The third kappa shape index (κ3) is 2.10. The molecule has 3 nitrogen and oxygen atoms in total. The van der Waals surface area contributed by atoms with Gasteiger partial charge in [0.15, 0.2) is 0 Å². The zero-order valence-corrected chi connectivity index (χ0v) is 11.8. The van der Waals surface area contributed by atoms with E-state index in [1.807, 2.05) is 18.2 Å². The zero-order valence-electron chi connectivity index (χ0n) is 11.8. The van der Waals surface area contributed by atoms with E-state index in [1.54, 1.807) is 18.5 Å². The van der Waals surface area contributed by atoms with E-state index in [2.05, 4.69) is 4.98 Å². The number of nitrogens with zero attached hydrogens (tertiary/aromatic N) is 2. The second-order valence-electron chi connectivity index (χ2n) is 5.07. The van der Waals surface area contributed by atoms with Crippen molar-refractivity contribution in [1.29, 1.82) is 0 Å². The molecule has 0 amide bonds. The van der Waals surface area contributed by atoms with Gasteiger partial charge >= 0.3 is 0 Å². The first kappa shape index (κ1) is 13.7. The van der Waals surface area contributed by atoms with Crippen molar-refractivity contribution in [2.75, 3.05) is 0 Å². The first-order chi connectivity index (χ1) is 10.0. The predicted octanol–water partition coefficient (Wildman–Crippen LogP) is 3.29. The Morgan fingerprint density at radius 1 is 1.19 bits per heavy atom. The summed E-state index contributed by atoms with van der Waals surface area (Å²) in [6.07, 6.45) is 0. The highest BCUT2D eigenvalue weighted by Crippen LogP contribution is 2.30. The van der Waals surface area contributed by atoms with Gasteiger partial charge in [-0.05, 0) is 36.2 Å². The number of hydrogen-bond donors (Lipinski definition) is 1. The monoisotopic (exact) mass is 287 g/mol. The molecule has 3 rings (SSSR count). The number of fused-ring (bicyclic) bond motifs is 1. The highest BCUT2D eigenvalue weighted by atomic mass is 19.1. The van der Waals surface area contributed by atoms with Crippen LogP contribution in [0.1, 0.15) is 11.1 Å². The first-order valence-electron chi connectivity index (χ1n) is 6.63. The maximum absolute atomic E-state index is 14.3. The van der Waals surface area contributed by atoms with Gasteiger partial charge in [-0.2, -0.15) is 0 Å². The second-order valence-corrected chi connectivity index (χ2v) is 5.07. The van der Waals surface area contributed by atoms with E-state index < -0.39 is 11.6 Å². The largest absolute Gasteiger partial charge is 0.327 e. The fourth-order valence-electron chi connectivity index (χ4n) is 2.46. The average Bonchev–Trinajstić information content (AvgIpc) is 2.80. The van der Waals surface area contributed by atoms with Crippen molar-refractivity contribution < 1.29 is 8.78 Å². The molecule has 0 bridgehead atoms. The average molecular weight is 287 g/mol. The Labute approximate surface area is 121 Å². The number of halogens is 2. The normalized spacial score (nSPS) is 11.3. The summed E-state index contributed by atoms with van der Waals surface area (Å²) in [5.41, 5.74) is 8.32. The Kier molecular flexibility index (Phi) is 3.22. The summed E-state index contributed by atoms with van der Waals surface area (Å²) in [7, 11) is 1.74. The van der Waals surface area contributed by atoms with Crippen LogP contribution in [-0.2, 0) is 13.6 Å². The van der Waals surface area contributed by atoms with Gasteiger partial charge in [0.25, 0.3) is 0 Å². The van der Waals surface area contributed by atoms with Crippen LogP contribution in [0.5, 0.6) is 0 Å². The number of rotatable bonds is 2. The van der Waals surface area contributed by atoms with Crippen molar-refractivity contribution in [3.05, 3.63) is 53.1 Å². The van der Waals surface area contributed by atoms with Crippen molar-refractivity contribution >= 4 is 11.0 Å². The lowest BCUT2D eigenvalue weighted by molar-refractivity contribution is 0.580. The number of aromatic nitrogens is 2. The third-order valence-corrected chi connectivity index (χ3v) is 3.69. The lowest BCUT2D eigenvalue weighted by atomic mass is 10.1. The Hall–Kier alpha value is -2.27. The molecule has 108 valence electrons. The molecular formula is C16H15F2N3. The molecular weight excluding hydrogens is 272 g/mol. The number of hydrogen-bond acceptors (Lipinski definition) is 2. The summed E-state index contributed by atoms with van der Waals surface area (Å²) < 4.78 is 30.0. The van der Waals surface area contributed by atoms with E-state index in [0.29, 0.717) is 17.6 Å². The maximum atomic E-state index is 14.3. The van der Waals surface area contributed by atoms with Gasteiger partial charge in [0.1, 0.15) is 17.5 Å². The molecule has 0 aliphatic carbocycles. The van der Waals surface area contributed by atoms with Crippen LogP contribution in [0.15, 0.2) is 30.3 Å². The lowest BCUT2D eigenvalue weighted by Gasteiger charge is -2.07. The van der Waals surface area contributed by atoms with Crippen molar-refractivity contribution in [1.82, 2.24) is 9.55 Å². The molecule has 2 N–H and O–H groups in total. The topological polar surface area (TPSA) is 43.8 Å². The Balaban J connectivity index is 2.31. The van der Waals surface area contributed by atoms with Crippen LogP contribution in [-0.4, -0.2) is 9.55 Å². The van der Waals surface area contributed by atoms with Gasteiger partial charge in [0, 0.05) is 13.6 Å². The molecule has 0 spiro atoms. The quantitative estimate of drug-likeness (QED) is 0.786. The molecule has 5 heteroatoms. The van der Waals surface area contributed by atoms with Gasteiger partial charge in [-0.3, -0.25) is 0 Å². The Morgan fingerprint density at radius 3 is 2.67 bits per heavy atom. The van der Waals surface area contributed by atoms with Crippen LogP contribution in [0.25, 0.3) is 22.4 Å². The molecule has 0 atom stereocenters. The zero-order chi connectivity index (χ0) is 15.1. The minimum absolute atomic E-state index is 0.0944. The molecule has 0 saturated carbocycles. The molecule has 21 heavy (non-hydrogen) atoms. The summed E-state index contributed by atoms with van der Waals surface area (Å²) >= 11 is 0. The third-order valence-electron chi connectivity index (χ3n) is 3.69. The second kappa shape index (κ2) is 4.93. The van der Waals surface area contributed by atoms with Crippen LogP contribution in [0.3, 0.4) is 0 Å². The Bertz CT molecular complexity index is 837. The van der Waals surface area contributed by atoms with Crippen LogP contribution in [0, 0.1) is 18.6 Å². The summed E-state index contributed by atoms with van der Waals surface area (Å²) in [4.78, 5) is 4.38. The molecule has 0 unspecified atom stereocenters. The summed E-state index contributed by atoms with van der Waals surface area (Å²) in [5.74, 6) is -0.916. The standard InChI is InChI=1S/C16H15F2N3/c1-9-3-5-11(17)14(15(9)18)16-20-12-7-10(8-19)4-6-13(12)21(16)2/h3-7H,8,19H2,1-2H3. The van der Waals surface area contributed by atoms with Crippen molar-refractivity contribution in [3.63, 3.8) is 0 Å². The fraction of sp³-hybridized carbons (Fsp3) is 0.188. The van der Waals surface area contributed by atoms with Gasteiger partial charge in [-0.1, -0.05) is 12.1 Å². The van der Waals surface area contributed by atoms with E-state index in [4.69, 9.17) is 5.73 Å². The van der Waals surface area contributed by atoms with Gasteiger partial charge in [-0.15, -0.1) is 0 Å². The molecule has 0 aliphatic heterocycles. The van der Waals surface area contributed by atoms with Crippen molar-refractivity contribution in [2.45, 2.75) is 13.5 Å². The Morgan fingerprint density at radius 2 is 1.95 bits per heavy atom. The minimum Gasteiger partial charge on any atom is -0.327 e. The number of nitrogens with two attached hydrogens (primary N) is 1. The van der Waals surface area contributed by atoms with Gasteiger partial charge in [0.2, 0.25) is 0 Å². The van der Waals surface area contributed by atoms with E-state index in [0.717, 1.165) is 11.1 Å². The van der Waals surface area contributed by atoms with Crippen LogP contribution in [0.2, 0.25) is 0 Å². The van der Waals surface area contributed by atoms with E-state index in [9.17, 15) is 8.78 Å². The van der Waals surface area contributed by atoms with Crippen LogP contribution < -0.4 is 5.73 Å². The van der Waals surface area contributed by atoms with Crippen LogP contribution >= 0.6 is 0 Å². The van der Waals surface area contributed by atoms with Crippen LogP contribution in [0.4, 0.5) is 8.78 Å². The molecule has 0 aliphatic rings. The summed E-state index contributed by atoms with van der Waals surface area (Å²) in [5, 5.41) is 0. The van der Waals surface area contributed by atoms with E-state index >= 15 is 0 Å². The molecule has 2 aromatic carbocycles. The van der Waals surface area contributed by atoms with Crippen molar-refractivity contribution in [3.8, 4) is 11.4 Å². The van der Waals surface area contributed by atoms with Crippen molar-refractivity contribution in [2.24, 2.45) is 12.8 Å². The minimum atomic E-state index is -0.615. The smallest absolute Gasteiger partial charge is 0.146 e. The van der Waals surface area contributed by atoms with Gasteiger partial charge < -0.3 is 10.3 Å². The molecule has 0 fully saturated rings. The maximum Gasteiger partial charge on any atom is 0.146 e. The molecule has 0 saturated heterocycles. The molecule has 1 heterocycles. The lowest BCUT2D eigenvalue weighted by Crippen LogP contribution is -1.99.